The smallest absolute Gasteiger partial charge is 0.338 e. The summed E-state index contributed by atoms with van der Waals surface area (Å²) in [6, 6.07) is 15.7. The lowest BCUT2D eigenvalue weighted by Gasteiger charge is -2.41. The van der Waals surface area contributed by atoms with Crippen LogP contribution in [0.15, 0.2) is 67.3 Å². The molecule has 1 saturated heterocycles. The summed E-state index contributed by atoms with van der Waals surface area (Å²) in [7, 11) is 0. The van der Waals surface area contributed by atoms with Crippen LogP contribution in [0.4, 0.5) is 0 Å². The number of carbonyl (C=O) groups is 1. The molecule has 0 radical (unpaired) electrons. The van der Waals surface area contributed by atoms with Crippen LogP contribution in [0.5, 0.6) is 5.75 Å². The molecular weight excluding hydrogens is 503 g/mol. The standard InChI is InChI=1S/C22H23IO7/c1-2-12-27-20-18(24)17(13-28-21(26)14-6-4-3-5-7-14)30-22(19(20)25)29-16-10-8-15(23)9-11-16/h2-11,17-20,22,24-25H,1,12-13H2/t17-,18+,19-,20-,22+/m0/s1. The average Bonchev–Trinajstić information content (AvgIpc) is 2.76. The summed E-state index contributed by atoms with van der Waals surface area (Å²) in [5.41, 5.74) is 0.383. The number of carbonyl (C=O) groups excluding carboxylic acids is 1. The highest BCUT2D eigenvalue weighted by Gasteiger charge is 2.47. The molecule has 1 aliphatic rings. The predicted molar refractivity (Wildman–Crippen MR) is 117 cm³/mol. The van der Waals surface area contributed by atoms with Crippen LogP contribution in [0.25, 0.3) is 0 Å². The number of aliphatic hydroxyl groups excluding tert-OH is 2. The maximum absolute atomic E-state index is 12.2. The van der Waals surface area contributed by atoms with E-state index >= 15 is 0 Å². The van der Waals surface area contributed by atoms with Crippen LogP contribution in [0.3, 0.4) is 0 Å². The molecule has 0 aliphatic carbocycles. The first-order valence-electron chi connectivity index (χ1n) is 9.38. The molecule has 1 aliphatic heterocycles. The second-order valence-electron chi connectivity index (χ2n) is 6.65. The third kappa shape index (κ3) is 5.79. The molecule has 1 fully saturated rings. The summed E-state index contributed by atoms with van der Waals surface area (Å²) in [6.45, 7) is 3.46. The van der Waals surface area contributed by atoms with Gasteiger partial charge in [-0.25, -0.2) is 4.79 Å². The van der Waals surface area contributed by atoms with E-state index in [1.54, 1.807) is 42.5 Å². The van der Waals surface area contributed by atoms with Crippen molar-refractivity contribution in [2.45, 2.75) is 30.7 Å². The number of halogens is 1. The van der Waals surface area contributed by atoms with Gasteiger partial charge in [0.2, 0.25) is 6.29 Å². The van der Waals surface area contributed by atoms with Crippen molar-refractivity contribution >= 4 is 28.6 Å². The van der Waals surface area contributed by atoms with Crippen molar-refractivity contribution in [3.8, 4) is 5.75 Å². The summed E-state index contributed by atoms with van der Waals surface area (Å²) >= 11 is 2.17. The van der Waals surface area contributed by atoms with Gasteiger partial charge in [0.25, 0.3) is 0 Å². The third-order valence-corrected chi connectivity index (χ3v) is 5.22. The monoisotopic (exact) mass is 526 g/mol. The van der Waals surface area contributed by atoms with Crippen LogP contribution >= 0.6 is 22.6 Å². The lowest BCUT2D eigenvalue weighted by atomic mass is 9.99. The van der Waals surface area contributed by atoms with Crippen molar-refractivity contribution in [3.63, 3.8) is 0 Å². The number of hydrogen-bond donors (Lipinski definition) is 2. The van der Waals surface area contributed by atoms with E-state index in [0.717, 1.165) is 3.57 Å². The van der Waals surface area contributed by atoms with E-state index in [2.05, 4.69) is 29.2 Å². The Labute approximate surface area is 188 Å². The molecule has 2 N–H and O–H groups in total. The molecule has 0 saturated carbocycles. The second-order valence-corrected chi connectivity index (χ2v) is 7.89. The lowest BCUT2D eigenvalue weighted by molar-refractivity contribution is -0.284. The van der Waals surface area contributed by atoms with Crippen LogP contribution in [0.1, 0.15) is 10.4 Å². The van der Waals surface area contributed by atoms with Gasteiger partial charge in [0.15, 0.2) is 0 Å². The SMILES string of the molecule is C=CCO[C@@H]1[C@H](O)[C@H](Oc2ccc(I)cc2)O[C@@H](COC(=O)c2ccccc2)[C@H]1O. The molecule has 5 atom stereocenters. The van der Waals surface area contributed by atoms with Gasteiger partial charge in [-0.05, 0) is 59.0 Å². The molecule has 30 heavy (non-hydrogen) atoms. The summed E-state index contributed by atoms with van der Waals surface area (Å²) in [6.07, 6.45) is -4.08. The zero-order chi connectivity index (χ0) is 21.5. The molecule has 160 valence electrons. The predicted octanol–water partition coefficient (Wildman–Crippen LogP) is 2.54. The first kappa shape index (κ1) is 22.7. The fourth-order valence-electron chi connectivity index (χ4n) is 2.98. The van der Waals surface area contributed by atoms with Gasteiger partial charge in [-0.3, -0.25) is 0 Å². The molecule has 7 nitrogen and oxygen atoms in total. The van der Waals surface area contributed by atoms with Crippen molar-refractivity contribution in [2.24, 2.45) is 0 Å². The highest BCUT2D eigenvalue weighted by Crippen LogP contribution is 2.27. The number of esters is 1. The molecule has 2 aromatic rings. The minimum absolute atomic E-state index is 0.117. The average molecular weight is 526 g/mol. The van der Waals surface area contributed by atoms with Gasteiger partial charge < -0.3 is 29.2 Å². The van der Waals surface area contributed by atoms with Crippen molar-refractivity contribution in [1.82, 2.24) is 0 Å². The van der Waals surface area contributed by atoms with Crippen molar-refractivity contribution in [3.05, 3.63) is 76.4 Å². The second kappa shape index (κ2) is 10.9. The lowest BCUT2D eigenvalue weighted by Crippen LogP contribution is -2.61. The number of hydrogen-bond acceptors (Lipinski definition) is 7. The Morgan fingerprint density at radius 1 is 1.10 bits per heavy atom. The Kier molecular flexibility index (Phi) is 8.23. The Balaban J connectivity index is 1.71. The third-order valence-electron chi connectivity index (χ3n) is 4.50. The van der Waals surface area contributed by atoms with Crippen LogP contribution in [0, 0.1) is 3.57 Å². The number of rotatable bonds is 8. The first-order chi connectivity index (χ1) is 14.5. The molecule has 0 amide bonds. The van der Waals surface area contributed by atoms with E-state index in [4.69, 9.17) is 18.9 Å². The van der Waals surface area contributed by atoms with Crippen LogP contribution in [-0.4, -0.2) is 60.1 Å². The van der Waals surface area contributed by atoms with Gasteiger partial charge in [-0.2, -0.15) is 0 Å². The zero-order valence-corrected chi connectivity index (χ0v) is 18.3. The maximum atomic E-state index is 12.2. The van der Waals surface area contributed by atoms with E-state index < -0.39 is 36.7 Å². The highest BCUT2D eigenvalue weighted by molar-refractivity contribution is 14.1. The molecule has 3 rings (SSSR count). The number of aliphatic hydroxyl groups is 2. The van der Waals surface area contributed by atoms with Gasteiger partial charge in [-0.15, -0.1) is 6.58 Å². The van der Waals surface area contributed by atoms with E-state index in [9.17, 15) is 15.0 Å². The van der Waals surface area contributed by atoms with Crippen molar-refractivity contribution < 1.29 is 34.0 Å². The van der Waals surface area contributed by atoms with Crippen LogP contribution in [0.2, 0.25) is 0 Å². The van der Waals surface area contributed by atoms with Gasteiger partial charge >= 0.3 is 5.97 Å². The molecule has 1 heterocycles. The molecule has 0 spiro atoms. The molecule has 8 heteroatoms. The molecular formula is C22H23IO7. The largest absolute Gasteiger partial charge is 0.462 e. The Bertz CT molecular complexity index is 827. The topological polar surface area (TPSA) is 94.5 Å². The highest BCUT2D eigenvalue weighted by atomic mass is 127. The zero-order valence-electron chi connectivity index (χ0n) is 16.1. The minimum Gasteiger partial charge on any atom is -0.462 e. The summed E-state index contributed by atoms with van der Waals surface area (Å²) in [5, 5.41) is 21.3. The molecule has 2 aromatic carbocycles. The molecule has 0 bridgehead atoms. The molecule has 0 aromatic heterocycles. The van der Waals surface area contributed by atoms with Gasteiger partial charge in [0, 0.05) is 3.57 Å². The molecule has 0 unspecified atom stereocenters. The normalized spacial score (nSPS) is 26.0. The van der Waals surface area contributed by atoms with Crippen LogP contribution < -0.4 is 4.74 Å². The Hall–Kier alpha value is -1.98. The van der Waals surface area contributed by atoms with E-state index in [1.807, 2.05) is 12.1 Å². The van der Waals surface area contributed by atoms with E-state index in [1.165, 1.54) is 6.08 Å². The minimum atomic E-state index is -1.26. The fourth-order valence-corrected chi connectivity index (χ4v) is 3.34. The summed E-state index contributed by atoms with van der Waals surface area (Å²) < 4.78 is 23.4. The van der Waals surface area contributed by atoms with Crippen molar-refractivity contribution in [2.75, 3.05) is 13.2 Å². The van der Waals surface area contributed by atoms with Gasteiger partial charge in [-0.1, -0.05) is 24.3 Å². The van der Waals surface area contributed by atoms with Crippen molar-refractivity contribution in [1.29, 1.82) is 0 Å². The fraction of sp³-hybridized carbons (Fsp3) is 0.318. The van der Waals surface area contributed by atoms with Gasteiger partial charge in [0.1, 0.15) is 36.8 Å². The Morgan fingerprint density at radius 2 is 1.80 bits per heavy atom. The first-order valence-corrected chi connectivity index (χ1v) is 10.5. The Morgan fingerprint density at radius 3 is 2.47 bits per heavy atom. The number of ether oxygens (including phenoxy) is 4. The van der Waals surface area contributed by atoms with E-state index in [0.29, 0.717) is 11.3 Å². The van der Waals surface area contributed by atoms with E-state index in [-0.39, 0.29) is 13.2 Å². The van der Waals surface area contributed by atoms with Crippen LogP contribution in [-0.2, 0) is 14.2 Å². The van der Waals surface area contributed by atoms with Gasteiger partial charge in [0.05, 0.1) is 12.2 Å². The quantitative estimate of drug-likeness (QED) is 0.310. The number of benzene rings is 2. The summed E-state index contributed by atoms with van der Waals surface area (Å²) in [5.74, 6) is -0.0606. The summed E-state index contributed by atoms with van der Waals surface area (Å²) in [4.78, 5) is 12.2. The maximum Gasteiger partial charge on any atom is 0.338 e.